The molecule has 0 saturated carbocycles. The third kappa shape index (κ3) is 2.56. The van der Waals surface area contributed by atoms with E-state index in [2.05, 4.69) is 11.1 Å². The quantitative estimate of drug-likeness (QED) is 0.797. The lowest BCUT2D eigenvalue weighted by Crippen LogP contribution is -2.46. The molecule has 2 heterocycles. The minimum absolute atomic E-state index is 0.540. The van der Waals surface area contributed by atoms with Gasteiger partial charge in [-0.05, 0) is 38.8 Å². The molecule has 0 bridgehead atoms. The molecular formula is C13H17N3O. The molecule has 0 spiro atoms. The van der Waals surface area contributed by atoms with Crippen molar-refractivity contribution in [3.8, 4) is 6.07 Å². The zero-order valence-corrected chi connectivity index (χ0v) is 10.3. The van der Waals surface area contributed by atoms with Gasteiger partial charge in [0.1, 0.15) is 11.9 Å². The number of pyridine rings is 1. The van der Waals surface area contributed by atoms with Gasteiger partial charge in [0.2, 0.25) is 0 Å². The van der Waals surface area contributed by atoms with Crippen LogP contribution in [0.25, 0.3) is 0 Å². The van der Waals surface area contributed by atoms with E-state index in [4.69, 9.17) is 5.26 Å². The number of nitriles is 1. The molecule has 0 aromatic carbocycles. The molecule has 1 aromatic heterocycles. The Morgan fingerprint density at radius 2 is 2.29 bits per heavy atom. The zero-order chi connectivity index (χ0) is 12.5. The molecule has 90 valence electrons. The van der Waals surface area contributed by atoms with Crippen molar-refractivity contribution in [2.75, 3.05) is 18.0 Å². The molecule has 0 radical (unpaired) electrons. The Labute approximate surface area is 102 Å². The van der Waals surface area contributed by atoms with Gasteiger partial charge in [-0.2, -0.15) is 5.26 Å². The van der Waals surface area contributed by atoms with Crippen molar-refractivity contribution in [2.24, 2.45) is 0 Å². The summed E-state index contributed by atoms with van der Waals surface area (Å²) in [6, 6.07) is 5.79. The highest BCUT2D eigenvalue weighted by Gasteiger charge is 2.30. The van der Waals surface area contributed by atoms with Gasteiger partial charge >= 0.3 is 0 Å². The van der Waals surface area contributed by atoms with Gasteiger partial charge in [-0.1, -0.05) is 0 Å². The average Bonchev–Trinajstić information content (AvgIpc) is 2.27. The Hall–Kier alpha value is -1.60. The standard InChI is InChI=1S/C13H17N3O/c1-10-4-5-11(8-14)12(15-10)16-7-3-6-13(2,17)9-16/h4-5,17H,3,6-7,9H2,1-2H3. The summed E-state index contributed by atoms with van der Waals surface area (Å²) in [7, 11) is 0. The van der Waals surface area contributed by atoms with Gasteiger partial charge in [0.25, 0.3) is 0 Å². The summed E-state index contributed by atoms with van der Waals surface area (Å²) in [4.78, 5) is 6.43. The Morgan fingerprint density at radius 3 is 2.94 bits per heavy atom. The summed E-state index contributed by atoms with van der Waals surface area (Å²) < 4.78 is 0. The molecule has 1 aliphatic heterocycles. The molecule has 1 unspecified atom stereocenters. The highest BCUT2D eigenvalue weighted by Crippen LogP contribution is 2.26. The van der Waals surface area contributed by atoms with Crippen LogP contribution in [-0.4, -0.2) is 28.8 Å². The van der Waals surface area contributed by atoms with Crippen molar-refractivity contribution in [1.82, 2.24) is 4.98 Å². The minimum Gasteiger partial charge on any atom is -0.388 e. The number of piperidine rings is 1. The van der Waals surface area contributed by atoms with Gasteiger partial charge in [0, 0.05) is 18.8 Å². The molecule has 4 heteroatoms. The van der Waals surface area contributed by atoms with E-state index in [0.717, 1.165) is 25.1 Å². The van der Waals surface area contributed by atoms with Crippen molar-refractivity contribution in [3.05, 3.63) is 23.4 Å². The van der Waals surface area contributed by atoms with Crippen LogP contribution in [0, 0.1) is 18.3 Å². The summed E-state index contributed by atoms with van der Waals surface area (Å²) in [6.07, 6.45) is 1.73. The first-order chi connectivity index (χ1) is 8.02. The van der Waals surface area contributed by atoms with Crippen LogP contribution in [0.1, 0.15) is 31.0 Å². The monoisotopic (exact) mass is 231 g/mol. The van der Waals surface area contributed by atoms with E-state index in [1.54, 1.807) is 6.07 Å². The highest BCUT2D eigenvalue weighted by atomic mass is 16.3. The van der Waals surface area contributed by atoms with Gasteiger partial charge in [0.15, 0.2) is 0 Å². The van der Waals surface area contributed by atoms with Crippen LogP contribution in [0.3, 0.4) is 0 Å². The smallest absolute Gasteiger partial charge is 0.146 e. The molecule has 1 saturated heterocycles. The topological polar surface area (TPSA) is 60.2 Å². The first kappa shape index (κ1) is 11.9. The average molecular weight is 231 g/mol. The van der Waals surface area contributed by atoms with Crippen LogP contribution >= 0.6 is 0 Å². The first-order valence-electron chi connectivity index (χ1n) is 5.87. The van der Waals surface area contributed by atoms with E-state index < -0.39 is 5.60 Å². The van der Waals surface area contributed by atoms with Gasteiger partial charge in [-0.15, -0.1) is 0 Å². The first-order valence-corrected chi connectivity index (χ1v) is 5.87. The summed E-state index contributed by atoms with van der Waals surface area (Å²) in [5.74, 6) is 0.701. The SMILES string of the molecule is Cc1ccc(C#N)c(N2CCCC(C)(O)C2)n1. The van der Waals surface area contributed by atoms with Gasteiger partial charge in [-0.25, -0.2) is 4.98 Å². The summed E-state index contributed by atoms with van der Waals surface area (Å²) in [5.41, 5.74) is 0.786. The van der Waals surface area contributed by atoms with Gasteiger partial charge in [0.05, 0.1) is 11.2 Å². The van der Waals surface area contributed by atoms with Crippen molar-refractivity contribution >= 4 is 5.82 Å². The van der Waals surface area contributed by atoms with E-state index in [9.17, 15) is 5.11 Å². The molecule has 0 amide bonds. The van der Waals surface area contributed by atoms with Gasteiger partial charge in [-0.3, -0.25) is 0 Å². The zero-order valence-electron chi connectivity index (χ0n) is 10.3. The lowest BCUT2D eigenvalue weighted by atomic mass is 9.95. The number of rotatable bonds is 1. The Balaban J connectivity index is 2.33. The normalized spacial score (nSPS) is 24.5. The molecule has 1 N–H and O–H groups in total. The highest BCUT2D eigenvalue weighted by molar-refractivity contribution is 5.54. The van der Waals surface area contributed by atoms with Crippen LogP contribution < -0.4 is 4.90 Å². The predicted molar refractivity (Wildman–Crippen MR) is 65.8 cm³/mol. The molecule has 1 aliphatic rings. The lowest BCUT2D eigenvalue weighted by molar-refractivity contribution is 0.0447. The number of aryl methyl sites for hydroxylation is 1. The van der Waals surface area contributed by atoms with E-state index in [1.165, 1.54) is 0 Å². The second-order valence-corrected chi connectivity index (χ2v) is 4.96. The number of hydrogen-bond acceptors (Lipinski definition) is 4. The Kier molecular flexibility index (Phi) is 3.03. The predicted octanol–water partition coefficient (Wildman–Crippen LogP) is 1.61. The van der Waals surface area contributed by atoms with Crippen LogP contribution in [0.2, 0.25) is 0 Å². The summed E-state index contributed by atoms with van der Waals surface area (Å²) >= 11 is 0. The largest absolute Gasteiger partial charge is 0.388 e. The Morgan fingerprint density at radius 1 is 1.53 bits per heavy atom. The molecule has 1 fully saturated rings. The number of aromatic nitrogens is 1. The number of β-amino-alcohol motifs (C(OH)–C–C–N with tert-alkyl or cyclic N) is 1. The third-order valence-electron chi connectivity index (χ3n) is 3.11. The second kappa shape index (κ2) is 4.34. The van der Waals surface area contributed by atoms with Crippen molar-refractivity contribution in [3.63, 3.8) is 0 Å². The molecule has 1 atom stereocenters. The maximum absolute atomic E-state index is 10.1. The fourth-order valence-electron chi connectivity index (χ4n) is 2.27. The number of aliphatic hydroxyl groups is 1. The van der Waals surface area contributed by atoms with Crippen LogP contribution in [0.4, 0.5) is 5.82 Å². The molecular weight excluding hydrogens is 214 g/mol. The summed E-state index contributed by atoms with van der Waals surface area (Å²) in [6.45, 7) is 5.13. The third-order valence-corrected chi connectivity index (χ3v) is 3.11. The maximum atomic E-state index is 10.1. The van der Waals surface area contributed by atoms with E-state index in [0.29, 0.717) is 17.9 Å². The lowest BCUT2D eigenvalue weighted by Gasteiger charge is -2.37. The van der Waals surface area contributed by atoms with Crippen LogP contribution in [0.15, 0.2) is 12.1 Å². The molecule has 4 nitrogen and oxygen atoms in total. The minimum atomic E-state index is -0.684. The number of anilines is 1. The van der Waals surface area contributed by atoms with E-state index in [-0.39, 0.29) is 0 Å². The molecule has 2 rings (SSSR count). The van der Waals surface area contributed by atoms with Crippen molar-refractivity contribution < 1.29 is 5.11 Å². The van der Waals surface area contributed by atoms with Crippen molar-refractivity contribution in [1.29, 1.82) is 5.26 Å². The van der Waals surface area contributed by atoms with E-state index in [1.807, 2.05) is 24.8 Å². The summed E-state index contributed by atoms with van der Waals surface area (Å²) in [5, 5.41) is 19.2. The number of nitrogens with zero attached hydrogens (tertiary/aromatic N) is 3. The molecule has 0 aliphatic carbocycles. The van der Waals surface area contributed by atoms with Crippen molar-refractivity contribution in [2.45, 2.75) is 32.3 Å². The second-order valence-electron chi connectivity index (χ2n) is 4.96. The Bertz CT molecular complexity index is 462. The maximum Gasteiger partial charge on any atom is 0.146 e. The molecule has 1 aromatic rings. The molecule has 17 heavy (non-hydrogen) atoms. The van der Waals surface area contributed by atoms with Crippen LogP contribution in [0.5, 0.6) is 0 Å². The fourth-order valence-corrected chi connectivity index (χ4v) is 2.27. The number of hydrogen-bond donors (Lipinski definition) is 1. The van der Waals surface area contributed by atoms with Crippen LogP contribution in [-0.2, 0) is 0 Å². The fraction of sp³-hybridized carbons (Fsp3) is 0.538. The van der Waals surface area contributed by atoms with Gasteiger partial charge < -0.3 is 10.0 Å². The van der Waals surface area contributed by atoms with E-state index >= 15 is 0 Å².